The highest BCUT2D eigenvalue weighted by atomic mass is 79.9. The molecule has 0 heterocycles. The van der Waals surface area contributed by atoms with Crippen LogP contribution in [0.25, 0.3) is 10.8 Å². The number of halogens is 1. The molecule has 0 bridgehead atoms. The molecular formula is C16H16BrNO3. The van der Waals surface area contributed by atoms with Crippen molar-refractivity contribution < 1.29 is 14.7 Å². The molecule has 0 radical (unpaired) electrons. The van der Waals surface area contributed by atoms with Gasteiger partial charge in [0.2, 0.25) is 0 Å². The highest BCUT2D eigenvalue weighted by Gasteiger charge is 2.21. The fourth-order valence-corrected chi connectivity index (χ4v) is 2.37. The molecule has 2 N–H and O–H groups in total. The minimum atomic E-state index is -0.925. The van der Waals surface area contributed by atoms with Gasteiger partial charge in [-0.3, -0.25) is 9.59 Å². The Labute approximate surface area is 131 Å². The van der Waals surface area contributed by atoms with Gasteiger partial charge < -0.3 is 10.4 Å². The topological polar surface area (TPSA) is 66.4 Å². The van der Waals surface area contributed by atoms with Crippen LogP contribution in [0, 0.1) is 5.92 Å². The monoisotopic (exact) mass is 349 g/mol. The van der Waals surface area contributed by atoms with Gasteiger partial charge in [-0.15, -0.1) is 0 Å². The predicted molar refractivity (Wildman–Crippen MR) is 85.4 cm³/mol. The number of carboxylic acids is 1. The lowest BCUT2D eigenvalue weighted by Crippen LogP contribution is -2.40. The normalized spacial score (nSPS) is 13.7. The molecule has 21 heavy (non-hydrogen) atoms. The molecule has 5 heteroatoms. The van der Waals surface area contributed by atoms with Crippen LogP contribution in [0.1, 0.15) is 24.2 Å². The number of rotatable bonds is 4. The summed E-state index contributed by atoms with van der Waals surface area (Å²) in [6.45, 7) is 3.26. The van der Waals surface area contributed by atoms with Crippen molar-refractivity contribution in [1.29, 1.82) is 0 Å². The van der Waals surface area contributed by atoms with E-state index in [1.165, 1.54) is 0 Å². The number of carboxylic acid groups (broad SMARTS) is 1. The molecular weight excluding hydrogens is 334 g/mol. The van der Waals surface area contributed by atoms with Crippen LogP contribution in [0.15, 0.2) is 40.9 Å². The summed E-state index contributed by atoms with van der Waals surface area (Å²) in [5.41, 5.74) is 0.522. The molecule has 0 aliphatic rings. The van der Waals surface area contributed by atoms with Crippen LogP contribution in [0.4, 0.5) is 0 Å². The number of amides is 1. The Morgan fingerprint density at radius 2 is 1.71 bits per heavy atom. The van der Waals surface area contributed by atoms with Gasteiger partial charge in [-0.25, -0.2) is 0 Å². The van der Waals surface area contributed by atoms with Crippen molar-refractivity contribution in [1.82, 2.24) is 5.32 Å². The van der Waals surface area contributed by atoms with Crippen molar-refractivity contribution >= 4 is 38.6 Å². The number of carbonyl (C=O) groups is 2. The number of hydrogen-bond acceptors (Lipinski definition) is 2. The number of nitrogens with one attached hydrogen (secondary N) is 1. The van der Waals surface area contributed by atoms with E-state index in [0.717, 1.165) is 15.2 Å². The van der Waals surface area contributed by atoms with Crippen LogP contribution in [0.2, 0.25) is 0 Å². The number of fused-ring (bicyclic) bond motifs is 1. The number of aliphatic carboxylic acids is 1. The maximum atomic E-state index is 12.2. The van der Waals surface area contributed by atoms with Crippen molar-refractivity contribution in [3.8, 4) is 0 Å². The Morgan fingerprint density at radius 3 is 2.38 bits per heavy atom. The predicted octanol–water partition coefficient (Wildman–Crippen LogP) is 3.44. The van der Waals surface area contributed by atoms with E-state index in [-0.39, 0.29) is 5.91 Å². The number of hydrogen-bond donors (Lipinski definition) is 2. The van der Waals surface area contributed by atoms with Crippen LogP contribution in [-0.4, -0.2) is 23.0 Å². The van der Waals surface area contributed by atoms with Gasteiger partial charge in [0, 0.05) is 16.1 Å². The quantitative estimate of drug-likeness (QED) is 0.888. The molecule has 0 aliphatic heterocycles. The average molecular weight is 350 g/mol. The zero-order chi connectivity index (χ0) is 15.6. The fraction of sp³-hybridized carbons (Fsp3) is 0.250. The van der Waals surface area contributed by atoms with E-state index in [1.54, 1.807) is 26.0 Å². The average Bonchev–Trinajstić information content (AvgIpc) is 2.45. The van der Waals surface area contributed by atoms with Crippen molar-refractivity contribution in [3.05, 3.63) is 46.4 Å². The third kappa shape index (κ3) is 3.61. The van der Waals surface area contributed by atoms with E-state index in [2.05, 4.69) is 21.2 Å². The zero-order valence-electron chi connectivity index (χ0n) is 11.8. The Morgan fingerprint density at radius 1 is 1.10 bits per heavy atom. The summed E-state index contributed by atoms with van der Waals surface area (Å²) in [5, 5.41) is 13.7. The Balaban J connectivity index is 2.20. The molecule has 0 saturated heterocycles. The first-order chi connectivity index (χ1) is 9.88. The lowest BCUT2D eigenvalue weighted by molar-refractivity contribution is -0.141. The van der Waals surface area contributed by atoms with Gasteiger partial charge in [-0.05, 0) is 48.9 Å². The van der Waals surface area contributed by atoms with E-state index < -0.39 is 17.9 Å². The fourth-order valence-electron chi connectivity index (χ4n) is 1.99. The molecule has 0 saturated carbocycles. The Hall–Kier alpha value is -1.88. The van der Waals surface area contributed by atoms with Crippen LogP contribution in [0.3, 0.4) is 0 Å². The summed E-state index contributed by atoms with van der Waals surface area (Å²) in [5.74, 6) is -1.82. The maximum Gasteiger partial charge on any atom is 0.308 e. The SMILES string of the molecule is CC(NC(=O)c1ccc2cc(Br)ccc2c1)C(C)C(=O)O. The van der Waals surface area contributed by atoms with Crippen molar-refractivity contribution in [3.63, 3.8) is 0 Å². The molecule has 4 nitrogen and oxygen atoms in total. The van der Waals surface area contributed by atoms with Gasteiger partial charge in [-0.1, -0.05) is 28.1 Å². The summed E-state index contributed by atoms with van der Waals surface area (Å²) >= 11 is 3.41. The summed E-state index contributed by atoms with van der Waals surface area (Å²) in [4.78, 5) is 23.1. The Bertz CT molecular complexity index is 699. The molecule has 0 fully saturated rings. The van der Waals surface area contributed by atoms with E-state index in [1.807, 2.05) is 24.3 Å². The van der Waals surface area contributed by atoms with Gasteiger partial charge in [-0.2, -0.15) is 0 Å². The molecule has 110 valence electrons. The van der Waals surface area contributed by atoms with E-state index in [4.69, 9.17) is 5.11 Å². The van der Waals surface area contributed by atoms with Crippen LogP contribution < -0.4 is 5.32 Å². The lowest BCUT2D eigenvalue weighted by atomic mass is 10.0. The van der Waals surface area contributed by atoms with Crippen LogP contribution in [-0.2, 0) is 4.79 Å². The second-order valence-corrected chi connectivity index (χ2v) is 6.01. The highest BCUT2D eigenvalue weighted by Crippen LogP contribution is 2.21. The molecule has 0 aliphatic carbocycles. The van der Waals surface area contributed by atoms with Crippen LogP contribution >= 0.6 is 15.9 Å². The van der Waals surface area contributed by atoms with Crippen molar-refractivity contribution in [2.24, 2.45) is 5.92 Å². The molecule has 1 amide bonds. The van der Waals surface area contributed by atoms with Crippen molar-refractivity contribution in [2.45, 2.75) is 19.9 Å². The molecule has 0 aromatic heterocycles. The second-order valence-electron chi connectivity index (χ2n) is 5.10. The van der Waals surface area contributed by atoms with Gasteiger partial charge >= 0.3 is 5.97 Å². The first-order valence-electron chi connectivity index (χ1n) is 6.61. The highest BCUT2D eigenvalue weighted by molar-refractivity contribution is 9.10. The minimum Gasteiger partial charge on any atom is -0.481 e. The van der Waals surface area contributed by atoms with Crippen LogP contribution in [0.5, 0.6) is 0 Å². The van der Waals surface area contributed by atoms with Gasteiger partial charge in [0.1, 0.15) is 0 Å². The van der Waals surface area contributed by atoms with Gasteiger partial charge in [0.15, 0.2) is 0 Å². The number of benzene rings is 2. The van der Waals surface area contributed by atoms with E-state index >= 15 is 0 Å². The lowest BCUT2D eigenvalue weighted by Gasteiger charge is -2.17. The largest absolute Gasteiger partial charge is 0.481 e. The second kappa shape index (κ2) is 6.26. The van der Waals surface area contributed by atoms with Gasteiger partial charge in [0.25, 0.3) is 5.91 Å². The smallest absolute Gasteiger partial charge is 0.308 e. The molecule has 2 rings (SSSR count). The molecule has 2 unspecified atom stereocenters. The summed E-state index contributed by atoms with van der Waals surface area (Å²) in [6, 6.07) is 10.8. The summed E-state index contributed by atoms with van der Waals surface area (Å²) < 4.78 is 0.983. The van der Waals surface area contributed by atoms with Gasteiger partial charge in [0.05, 0.1) is 5.92 Å². The van der Waals surface area contributed by atoms with Crippen molar-refractivity contribution in [2.75, 3.05) is 0 Å². The number of carbonyl (C=O) groups excluding carboxylic acids is 1. The Kier molecular flexibility index (Phi) is 4.63. The maximum absolute atomic E-state index is 12.2. The standard InChI is InChI=1S/C16H16BrNO3/c1-9(16(20)21)10(2)18-15(19)13-4-3-12-8-14(17)6-5-11(12)7-13/h3-10H,1-2H3,(H,18,19)(H,20,21). The first kappa shape index (κ1) is 15.5. The minimum absolute atomic E-state index is 0.264. The third-order valence-corrected chi connectivity index (χ3v) is 4.06. The summed E-state index contributed by atoms with van der Waals surface area (Å²) in [6.07, 6.45) is 0. The third-order valence-electron chi connectivity index (χ3n) is 3.56. The van der Waals surface area contributed by atoms with E-state index in [0.29, 0.717) is 5.56 Å². The van der Waals surface area contributed by atoms with E-state index in [9.17, 15) is 9.59 Å². The molecule has 2 atom stereocenters. The molecule has 2 aromatic rings. The first-order valence-corrected chi connectivity index (χ1v) is 7.41. The summed E-state index contributed by atoms with van der Waals surface area (Å²) in [7, 11) is 0. The zero-order valence-corrected chi connectivity index (χ0v) is 13.3. The molecule has 0 spiro atoms. The molecule has 2 aromatic carbocycles.